The van der Waals surface area contributed by atoms with Crippen molar-refractivity contribution in [1.82, 2.24) is 0 Å². The van der Waals surface area contributed by atoms with Crippen LogP contribution in [-0.2, 0) is 6.42 Å². The summed E-state index contributed by atoms with van der Waals surface area (Å²) in [6.45, 7) is 0. The molecule has 1 nitrogen and oxygen atoms in total. The lowest BCUT2D eigenvalue weighted by molar-refractivity contribution is 0.295. The summed E-state index contributed by atoms with van der Waals surface area (Å²) in [5.74, 6) is 0.614. The Labute approximate surface area is 118 Å². The van der Waals surface area contributed by atoms with E-state index in [9.17, 15) is 8.78 Å². The predicted molar refractivity (Wildman–Crippen MR) is 75.1 cm³/mol. The first kappa shape index (κ1) is 14.7. The van der Waals surface area contributed by atoms with Crippen LogP contribution in [0.4, 0.5) is 8.78 Å². The highest BCUT2D eigenvalue weighted by Crippen LogP contribution is 2.32. The Kier molecular flexibility index (Phi) is 5.29. The van der Waals surface area contributed by atoms with Gasteiger partial charge in [0.25, 0.3) is 0 Å². The number of aryl methyl sites for hydroxylation is 1. The first-order valence-electron chi connectivity index (χ1n) is 7.18. The number of nitrogens with zero attached hydrogens (tertiary/aromatic N) is 1. The van der Waals surface area contributed by atoms with Crippen molar-refractivity contribution in [2.75, 3.05) is 0 Å². The van der Waals surface area contributed by atoms with Gasteiger partial charge in [0.05, 0.1) is 11.9 Å². The molecule has 1 aromatic rings. The molecule has 0 aromatic heterocycles. The van der Waals surface area contributed by atoms with Crippen molar-refractivity contribution in [2.45, 2.75) is 38.5 Å². The zero-order valence-electron chi connectivity index (χ0n) is 11.5. The van der Waals surface area contributed by atoms with Gasteiger partial charge in [0.15, 0.2) is 0 Å². The fourth-order valence-corrected chi connectivity index (χ4v) is 2.95. The van der Waals surface area contributed by atoms with Gasteiger partial charge >= 0.3 is 0 Å². The SMILES string of the molecule is N#Cc1ccc(CCC2CCC(C=CF)CC2)cc1F. The monoisotopic (exact) mass is 275 g/mol. The molecule has 20 heavy (non-hydrogen) atoms. The van der Waals surface area contributed by atoms with E-state index in [4.69, 9.17) is 5.26 Å². The van der Waals surface area contributed by atoms with Crippen LogP contribution in [0.1, 0.15) is 43.2 Å². The molecule has 0 N–H and O–H groups in total. The average Bonchev–Trinajstić information content (AvgIpc) is 2.47. The first-order chi connectivity index (χ1) is 9.72. The van der Waals surface area contributed by atoms with Crippen LogP contribution in [0.25, 0.3) is 0 Å². The lowest BCUT2D eigenvalue weighted by Gasteiger charge is -2.26. The van der Waals surface area contributed by atoms with Crippen LogP contribution in [0.15, 0.2) is 30.6 Å². The zero-order chi connectivity index (χ0) is 14.4. The normalized spacial score (nSPS) is 22.9. The molecule has 0 atom stereocenters. The van der Waals surface area contributed by atoms with Crippen molar-refractivity contribution >= 4 is 0 Å². The van der Waals surface area contributed by atoms with Crippen molar-refractivity contribution in [2.24, 2.45) is 11.8 Å². The van der Waals surface area contributed by atoms with Gasteiger partial charge in [-0.1, -0.05) is 12.1 Å². The fourth-order valence-electron chi connectivity index (χ4n) is 2.95. The minimum atomic E-state index is -0.429. The van der Waals surface area contributed by atoms with Gasteiger partial charge in [-0.15, -0.1) is 0 Å². The molecule has 0 aliphatic heterocycles. The number of allylic oxidation sites excluding steroid dienone is 1. The van der Waals surface area contributed by atoms with E-state index in [1.807, 2.05) is 12.1 Å². The molecule has 0 saturated heterocycles. The Morgan fingerprint density at radius 2 is 2.00 bits per heavy atom. The molecular formula is C17H19F2N. The number of rotatable bonds is 4. The van der Waals surface area contributed by atoms with Gasteiger partial charge in [0, 0.05) is 0 Å². The first-order valence-corrected chi connectivity index (χ1v) is 7.18. The number of hydrogen-bond donors (Lipinski definition) is 0. The molecule has 0 amide bonds. The Balaban J connectivity index is 1.82. The number of hydrogen-bond acceptors (Lipinski definition) is 1. The summed E-state index contributed by atoms with van der Waals surface area (Å²) >= 11 is 0. The highest BCUT2D eigenvalue weighted by atomic mass is 19.1. The molecule has 1 aromatic carbocycles. The molecule has 1 saturated carbocycles. The molecule has 0 heterocycles. The number of halogens is 2. The second-order valence-electron chi connectivity index (χ2n) is 5.56. The topological polar surface area (TPSA) is 23.8 Å². The Morgan fingerprint density at radius 1 is 1.25 bits per heavy atom. The van der Waals surface area contributed by atoms with Crippen LogP contribution in [0.3, 0.4) is 0 Å². The van der Waals surface area contributed by atoms with Crippen LogP contribution in [0.2, 0.25) is 0 Å². The summed E-state index contributed by atoms with van der Waals surface area (Å²) in [7, 11) is 0. The van der Waals surface area contributed by atoms with Crippen molar-refractivity contribution in [3.05, 3.63) is 47.5 Å². The fraction of sp³-hybridized carbons (Fsp3) is 0.471. The third-order valence-electron chi connectivity index (χ3n) is 4.23. The zero-order valence-corrected chi connectivity index (χ0v) is 11.5. The summed E-state index contributed by atoms with van der Waals surface area (Å²) in [4.78, 5) is 0. The van der Waals surface area contributed by atoms with Gasteiger partial charge in [-0.2, -0.15) is 5.26 Å². The second-order valence-corrected chi connectivity index (χ2v) is 5.56. The molecule has 0 radical (unpaired) electrons. The lowest BCUT2D eigenvalue weighted by Crippen LogP contribution is -2.13. The Bertz CT molecular complexity index is 508. The van der Waals surface area contributed by atoms with E-state index in [-0.39, 0.29) is 5.56 Å². The van der Waals surface area contributed by atoms with Crippen molar-refractivity contribution < 1.29 is 8.78 Å². The van der Waals surface area contributed by atoms with Gasteiger partial charge in [-0.25, -0.2) is 8.78 Å². The van der Waals surface area contributed by atoms with Crippen molar-refractivity contribution in [3.63, 3.8) is 0 Å². The Hall–Kier alpha value is -1.69. The maximum Gasteiger partial charge on any atom is 0.141 e. The summed E-state index contributed by atoms with van der Waals surface area (Å²) in [6, 6.07) is 6.68. The van der Waals surface area contributed by atoms with E-state index < -0.39 is 5.82 Å². The van der Waals surface area contributed by atoms with Crippen LogP contribution < -0.4 is 0 Å². The molecule has 2 rings (SSSR count). The van der Waals surface area contributed by atoms with E-state index in [1.54, 1.807) is 12.1 Å². The smallest absolute Gasteiger partial charge is 0.141 e. The molecule has 1 aliphatic carbocycles. The van der Waals surface area contributed by atoms with Gasteiger partial charge in [-0.3, -0.25) is 0 Å². The molecule has 0 spiro atoms. The maximum absolute atomic E-state index is 13.5. The van der Waals surface area contributed by atoms with Gasteiger partial charge < -0.3 is 0 Å². The van der Waals surface area contributed by atoms with E-state index in [0.717, 1.165) is 44.1 Å². The maximum atomic E-state index is 13.5. The largest absolute Gasteiger partial charge is 0.216 e. The van der Waals surface area contributed by atoms with Crippen LogP contribution in [0.5, 0.6) is 0 Å². The Morgan fingerprint density at radius 3 is 2.60 bits per heavy atom. The van der Waals surface area contributed by atoms with E-state index in [0.29, 0.717) is 18.2 Å². The van der Waals surface area contributed by atoms with Crippen LogP contribution in [0, 0.1) is 29.0 Å². The van der Waals surface area contributed by atoms with Crippen molar-refractivity contribution in [1.29, 1.82) is 5.26 Å². The van der Waals surface area contributed by atoms with E-state index >= 15 is 0 Å². The third kappa shape index (κ3) is 3.90. The molecule has 3 heteroatoms. The summed E-state index contributed by atoms with van der Waals surface area (Å²) in [5, 5.41) is 8.69. The van der Waals surface area contributed by atoms with Gasteiger partial charge in [0.2, 0.25) is 0 Å². The van der Waals surface area contributed by atoms with Crippen LogP contribution >= 0.6 is 0 Å². The molecule has 0 unspecified atom stereocenters. The van der Waals surface area contributed by atoms with E-state index in [2.05, 4.69) is 0 Å². The minimum absolute atomic E-state index is 0.104. The molecule has 106 valence electrons. The third-order valence-corrected chi connectivity index (χ3v) is 4.23. The molecule has 1 fully saturated rings. The van der Waals surface area contributed by atoms with E-state index in [1.165, 1.54) is 6.07 Å². The number of nitriles is 1. The van der Waals surface area contributed by atoms with Crippen molar-refractivity contribution in [3.8, 4) is 6.07 Å². The lowest BCUT2D eigenvalue weighted by atomic mass is 9.79. The molecule has 0 bridgehead atoms. The van der Waals surface area contributed by atoms with Crippen LogP contribution in [-0.4, -0.2) is 0 Å². The van der Waals surface area contributed by atoms with Gasteiger partial charge in [0.1, 0.15) is 11.9 Å². The second kappa shape index (κ2) is 7.19. The summed E-state index contributed by atoms with van der Waals surface area (Å²) < 4.78 is 25.6. The average molecular weight is 275 g/mol. The molecular weight excluding hydrogens is 256 g/mol. The predicted octanol–water partition coefficient (Wildman–Crippen LogP) is 4.92. The van der Waals surface area contributed by atoms with Gasteiger partial charge in [-0.05, 0) is 68.1 Å². The molecule has 1 aliphatic rings. The summed E-state index contributed by atoms with van der Waals surface area (Å²) in [6.07, 6.45) is 8.53. The number of benzene rings is 1. The highest BCUT2D eigenvalue weighted by molar-refractivity contribution is 5.33. The minimum Gasteiger partial charge on any atom is -0.216 e. The quantitative estimate of drug-likeness (QED) is 0.765. The standard InChI is InChI=1S/C17H19F2N/c18-10-9-14-3-1-13(2-4-14)5-6-15-7-8-16(12-20)17(19)11-15/h7-11,13-14H,1-6H2. The highest BCUT2D eigenvalue weighted by Gasteiger charge is 2.19. The summed E-state index contributed by atoms with van der Waals surface area (Å²) in [5.41, 5.74) is 1.06.